The molecule has 0 aliphatic carbocycles. The largest absolute Gasteiger partial charge is 0.350 e. The minimum absolute atomic E-state index is 0.0985. The third-order valence-electron chi connectivity index (χ3n) is 4.83. The summed E-state index contributed by atoms with van der Waals surface area (Å²) >= 11 is 0. The number of benzene rings is 2. The number of hydrogen-bond acceptors (Lipinski definition) is 3. The lowest BCUT2D eigenvalue weighted by Crippen LogP contribution is -2.51. The summed E-state index contributed by atoms with van der Waals surface area (Å²) in [5, 5.41) is 2.26. The SMILES string of the molecule is O=C(c1ccc2ccccc2c1)N1CCC2(CC1)OCCCO2. The molecule has 23 heavy (non-hydrogen) atoms. The molecule has 2 aliphatic heterocycles. The third kappa shape index (κ3) is 2.84. The van der Waals surface area contributed by atoms with Gasteiger partial charge in [-0.15, -0.1) is 0 Å². The summed E-state index contributed by atoms with van der Waals surface area (Å²) in [7, 11) is 0. The maximum absolute atomic E-state index is 12.8. The van der Waals surface area contributed by atoms with Crippen LogP contribution in [0.3, 0.4) is 0 Å². The van der Waals surface area contributed by atoms with E-state index in [9.17, 15) is 4.79 Å². The Morgan fingerprint density at radius 2 is 1.65 bits per heavy atom. The minimum Gasteiger partial charge on any atom is -0.350 e. The molecule has 0 N–H and O–H groups in total. The van der Waals surface area contributed by atoms with Crippen LogP contribution in [0.4, 0.5) is 0 Å². The van der Waals surface area contributed by atoms with Gasteiger partial charge in [0.2, 0.25) is 0 Å². The highest BCUT2D eigenvalue weighted by Gasteiger charge is 2.39. The Morgan fingerprint density at radius 3 is 2.39 bits per heavy atom. The van der Waals surface area contributed by atoms with E-state index in [1.165, 1.54) is 0 Å². The first-order chi connectivity index (χ1) is 11.3. The van der Waals surface area contributed by atoms with Gasteiger partial charge in [0.1, 0.15) is 0 Å². The molecule has 4 rings (SSSR count). The first-order valence-corrected chi connectivity index (χ1v) is 8.32. The zero-order valence-corrected chi connectivity index (χ0v) is 13.2. The molecule has 1 spiro atoms. The number of rotatable bonds is 1. The van der Waals surface area contributed by atoms with E-state index in [4.69, 9.17) is 9.47 Å². The second kappa shape index (κ2) is 5.95. The van der Waals surface area contributed by atoms with Crippen molar-refractivity contribution in [2.75, 3.05) is 26.3 Å². The number of nitrogens with zero attached hydrogens (tertiary/aromatic N) is 1. The molecule has 0 radical (unpaired) electrons. The molecule has 2 aromatic rings. The van der Waals surface area contributed by atoms with Crippen LogP contribution in [0.2, 0.25) is 0 Å². The van der Waals surface area contributed by atoms with E-state index in [0.29, 0.717) is 13.1 Å². The van der Waals surface area contributed by atoms with Crippen LogP contribution in [0.25, 0.3) is 10.8 Å². The second-order valence-electron chi connectivity index (χ2n) is 6.32. The minimum atomic E-state index is -0.446. The van der Waals surface area contributed by atoms with E-state index in [-0.39, 0.29) is 5.91 Å². The Labute approximate surface area is 136 Å². The van der Waals surface area contributed by atoms with Crippen LogP contribution in [0.15, 0.2) is 42.5 Å². The highest BCUT2D eigenvalue weighted by Crippen LogP contribution is 2.31. The highest BCUT2D eigenvalue weighted by molar-refractivity contribution is 5.98. The molecule has 4 nitrogen and oxygen atoms in total. The Kier molecular flexibility index (Phi) is 3.79. The lowest BCUT2D eigenvalue weighted by molar-refractivity contribution is -0.281. The fourth-order valence-corrected chi connectivity index (χ4v) is 3.46. The summed E-state index contributed by atoms with van der Waals surface area (Å²) in [5.41, 5.74) is 0.755. The van der Waals surface area contributed by atoms with Gasteiger partial charge >= 0.3 is 0 Å². The van der Waals surface area contributed by atoms with Gasteiger partial charge in [-0.05, 0) is 29.3 Å². The molecule has 2 saturated heterocycles. The molecule has 0 unspecified atom stereocenters. The first-order valence-electron chi connectivity index (χ1n) is 8.32. The standard InChI is InChI=1S/C19H21NO3/c21-18(17-7-6-15-4-1-2-5-16(15)14-17)20-10-8-19(9-11-20)22-12-3-13-23-19/h1-2,4-7,14H,3,8-13H2. The number of ether oxygens (including phenoxy) is 2. The number of carbonyl (C=O) groups excluding carboxylic acids is 1. The molecular formula is C19H21NO3. The van der Waals surface area contributed by atoms with Gasteiger partial charge in [0.15, 0.2) is 5.79 Å². The fourth-order valence-electron chi connectivity index (χ4n) is 3.46. The molecule has 0 saturated carbocycles. The predicted octanol–water partition coefficient (Wildman–Crippen LogP) is 3.21. The Balaban J connectivity index is 1.48. The lowest BCUT2D eigenvalue weighted by atomic mass is 10.0. The van der Waals surface area contributed by atoms with E-state index in [0.717, 1.165) is 48.8 Å². The molecule has 2 heterocycles. The number of carbonyl (C=O) groups is 1. The van der Waals surface area contributed by atoms with Crippen molar-refractivity contribution in [3.8, 4) is 0 Å². The van der Waals surface area contributed by atoms with Gasteiger partial charge in [-0.3, -0.25) is 4.79 Å². The molecule has 2 aromatic carbocycles. The van der Waals surface area contributed by atoms with Crippen LogP contribution >= 0.6 is 0 Å². The highest BCUT2D eigenvalue weighted by atomic mass is 16.7. The zero-order valence-electron chi connectivity index (χ0n) is 13.2. The normalized spacial score (nSPS) is 20.8. The van der Waals surface area contributed by atoms with Crippen LogP contribution in [0, 0.1) is 0 Å². The number of hydrogen-bond donors (Lipinski definition) is 0. The lowest BCUT2D eigenvalue weighted by Gasteiger charge is -2.43. The summed E-state index contributed by atoms with van der Waals surface area (Å²) in [6, 6.07) is 14.0. The predicted molar refractivity (Wildman–Crippen MR) is 88.3 cm³/mol. The van der Waals surface area contributed by atoms with Crippen LogP contribution < -0.4 is 0 Å². The third-order valence-corrected chi connectivity index (χ3v) is 4.83. The van der Waals surface area contributed by atoms with Crippen molar-refractivity contribution in [3.63, 3.8) is 0 Å². The van der Waals surface area contributed by atoms with Crippen molar-refractivity contribution in [1.82, 2.24) is 4.90 Å². The van der Waals surface area contributed by atoms with Crippen molar-refractivity contribution in [1.29, 1.82) is 0 Å². The van der Waals surface area contributed by atoms with Crippen LogP contribution in [-0.2, 0) is 9.47 Å². The smallest absolute Gasteiger partial charge is 0.253 e. The average Bonchev–Trinajstić information content (AvgIpc) is 2.62. The maximum Gasteiger partial charge on any atom is 0.253 e. The van der Waals surface area contributed by atoms with E-state index < -0.39 is 5.79 Å². The molecule has 2 aliphatic rings. The molecule has 120 valence electrons. The van der Waals surface area contributed by atoms with Crippen LogP contribution in [0.5, 0.6) is 0 Å². The average molecular weight is 311 g/mol. The summed E-state index contributed by atoms with van der Waals surface area (Å²) in [6.07, 6.45) is 2.47. The molecule has 4 heteroatoms. The Morgan fingerprint density at radius 1 is 0.957 bits per heavy atom. The van der Waals surface area contributed by atoms with Gasteiger partial charge in [-0.1, -0.05) is 30.3 Å². The van der Waals surface area contributed by atoms with Gasteiger partial charge in [-0.2, -0.15) is 0 Å². The molecule has 0 aromatic heterocycles. The van der Waals surface area contributed by atoms with Crippen molar-refractivity contribution >= 4 is 16.7 Å². The van der Waals surface area contributed by atoms with E-state index in [1.54, 1.807) is 0 Å². The summed E-state index contributed by atoms with van der Waals surface area (Å²) in [4.78, 5) is 14.7. The molecule has 0 atom stereocenters. The van der Waals surface area contributed by atoms with Gasteiger partial charge in [0, 0.05) is 31.5 Å². The fraction of sp³-hybridized carbons (Fsp3) is 0.421. The van der Waals surface area contributed by atoms with Gasteiger partial charge < -0.3 is 14.4 Å². The van der Waals surface area contributed by atoms with Crippen molar-refractivity contribution < 1.29 is 14.3 Å². The van der Waals surface area contributed by atoms with Crippen LogP contribution in [-0.4, -0.2) is 42.9 Å². The first kappa shape index (κ1) is 14.7. The summed E-state index contributed by atoms with van der Waals surface area (Å²) < 4.78 is 11.7. The number of amides is 1. The Bertz CT molecular complexity index is 711. The van der Waals surface area contributed by atoms with E-state index >= 15 is 0 Å². The van der Waals surface area contributed by atoms with E-state index in [2.05, 4.69) is 6.07 Å². The van der Waals surface area contributed by atoms with Crippen molar-refractivity contribution in [3.05, 3.63) is 48.0 Å². The van der Waals surface area contributed by atoms with E-state index in [1.807, 2.05) is 41.3 Å². The number of likely N-dealkylation sites (tertiary alicyclic amines) is 1. The van der Waals surface area contributed by atoms with Gasteiger partial charge in [0.25, 0.3) is 5.91 Å². The maximum atomic E-state index is 12.8. The molecule has 1 amide bonds. The quantitative estimate of drug-likeness (QED) is 0.812. The number of piperidine rings is 1. The van der Waals surface area contributed by atoms with Gasteiger partial charge in [0.05, 0.1) is 13.2 Å². The molecular weight excluding hydrogens is 290 g/mol. The Hall–Kier alpha value is -1.91. The summed E-state index contributed by atoms with van der Waals surface area (Å²) in [6.45, 7) is 2.90. The second-order valence-corrected chi connectivity index (χ2v) is 6.32. The van der Waals surface area contributed by atoms with Crippen molar-refractivity contribution in [2.45, 2.75) is 25.0 Å². The monoisotopic (exact) mass is 311 g/mol. The van der Waals surface area contributed by atoms with Crippen LogP contribution in [0.1, 0.15) is 29.6 Å². The summed E-state index contributed by atoms with van der Waals surface area (Å²) in [5.74, 6) is -0.347. The molecule has 2 fully saturated rings. The zero-order chi connectivity index (χ0) is 15.7. The van der Waals surface area contributed by atoms with Crippen molar-refractivity contribution in [2.24, 2.45) is 0 Å². The molecule has 0 bridgehead atoms. The number of fused-ring (bicyclic) bond motifs is 1. The topological polar surface area (TPSA) is 38.8 Å². The van der Waals surface area contributed by atoms with Gasteiger partial charge in [-0.25, -0.2) is 0 Å².